The first-order valence-corrected chi connectivity index (χ1v) is 7.49. The van der Waals surface area contributed by atoms with Gasteiger partial charge < -0.3 is 0 Å². The lowest BCUT2D eigenvalue weighted by Gasteiger charge is -2.13. The van der Waals surface area contributed by atoms with Gasteiger partial charge in [-0.2, -0.15) is 0 Å². The molecule has 17 heavy (non-hydrogen) atoms. The molecule has 0 aromatic heterocycles. The second-order valence-corrected chi connectivity index (χ2v) is 6.59. The molecule has 4 heteroatoms. The Morgan fingerprint density at radius 3 is 1.76 bits per heavy atom. The van der Waals surface area contributed by atoms with Crippen molar-refractivity contribution in [2.24, 2.45) is 5.11 Å². The maximum Gasteiger partial charge on any atom is 0.109 e. The van der Waals surface area contributed by atoms with Crippen LogP contribution in [0.4, 0.5) is 0 Å². The van der Waals surface area contributed by atoms with Crippen molar-refractivity contribution in [3.05, 3.63) is 71.1 Å². The fraction of sp³-hybridized carbons (Fsp3) is 0.0769. The summed E-state index contributed by atoms with van der Waals surface area (Å²) in [5.41, 5.74) is 8.49. The van der Waals surface area contributed by atoms with E-state index in [2.05, 4.69) is 34.3 Å². The standard InChI is InChI=1S/C13H13N3Si/c14-16-15-11-17(12-7-3-1-4-8-12)13-9-5-2-6-10-13/h1-10,17H,11H2. The van der Waals surface area contributed by atoms with Crippen molar-refractivity contribution in [3.63, 3.8) is 0 Å². The van der Waals surface area contributed by atoms with Crippen LogP contribution < -0.4 is 10.4 Å². The zero-order valence-corrected chi connectivity index (χ0v) is 10.6. The van der Waals surface area contributed by atoms with Crippen molar-refractivity contribution in [2.45, 2.75) is 0 Å². The van der Waals surface area contributed by atoms with Gasteiger partial charge in [0, 0.05) is 11.1 Å². The number of nitrogens with zero attached hydrogens (tertiary/aromatic N) is 3. The molecule has 2 rings (SSSR count). The third-order valence-electron chi connectivity index (χ3n) is 2.73. The van der Waals surface area contributed by atoms with Gasteiger partial charge in [-0.15, -0.1) is 0 Å². The minimum atomic E-state index is -1.39. The Bertz CT molecular complexity index is 467. The van der Waals surface area contributed by atoms with E-state index in [1.807, 2.05) is 36.4 Å². The summed E-state index contributed by atoms with van der Waals surface area (Å²) >= 11 is 0. The fourth-order valence-electron chi connectivity index (χ4n) is 1.89. The number of hydrogen-bond acceptors (Lipinski definition) is 1. The summed E-state index contributed by atoms with van der Waals surface area (Å²) < 4.78 is 0. The second-order valence-electron chi connectivity index (χ2n) is 3.79. The van der Waals surface area contributed by atoms with Crippen molar-refractivity contribution in [3.8, 4) is 0 Å². The van der Waals surface area contributed by atoms with Gasteiger partial charge in [0.05, 0.1) is 0 Å². The Morgan fingerprint density at radius 2 is 1.35 bits per heavy atom. The molecule has 0 aliphatic heterocycles. The second kappa shape index (κ2) is 5.89. The SMILES string of the molecule is [N-]=[N+]=NC[SiH](c1ccccc1)c1ccccc1. The van der Waals surface area contributed by atoms with Crippen LogP contribution in [0.1, 0.15) is 0 Å². The molecule has 84 valence electrons. The lowest BCUT2D eigenvalue weighted by Crippen LogP contribution is -2.44. The minimum absolute atomic E-state index is 0.588. The number of hydrogen-bond donors (Lipinski definition) is 0. The summed E-state index contributed by atoms with van der Waals surface area (Å²) in [7, 11) is -1.39. The van der Waals surface area contributed by atoms with Crippen LogP contribution in [0.3, 0.4) is 0 Å². The highest BCUT2D eigenvalue weighted by atomic mass is 28.3. The number of azide groups is 1. The van der Waals surface area contributed by atoms with Crippen LogP contribution in [-0.4, -0.2) is 15.0 Å². The molecular formula is C13H13N3Si. The highest BCUT2D eigenvalue weighted by molar-refractivity contribution is 6.85. The lowest BCUT2D eigenvalue weighted by atomic mass is 10.4. The molecule has 0 fully saturated rings. The normalized spacial score (nSPS) is 9.94. The van der Waals surface area contributed by atoms with Crippen molar-refractivity contribution in [1.82, 2.24) is 0 Å². The Labute approximate surface area is 102 Å². The van der Waals surface area contributed by atoms with E-state index in [-0.39, 0.29) is 0 Å². The first-order chi connectivity index (χ1) is 8.42. The van der Waals surface area contributed by atoms with E-state index in [4.69, 9.17) is 5.53 Å². The predicted octanol–water partition coefficient (Wildman–Crippen LogP) is 1.88. The Kier molecular flexibility index (Phi) is 3.97. The summed E-state index contributed by atoms with van der Waals surface area (Å²) in [6.45, 7) is 0. The van der Waals surface area contributed by atoms with Crippen molar-refractivity contribution in [2.75, 3.05) is 6.17 Å². The van der Waals surface area contributed by atoms with Crippen LogP contribution >= 0.6 is 0 Å². The maximum atomic E-state index is 8.49. The van der Waals surface area contributed by atoms with Gasteiger partial charge in [-0.25, -0.2) is 0 Å². The molecule has 0 amide bonds. The van der Waals surface area contributed by atoms with Crippen LogP contribution in [0.5, 0.6) is 0 Å². The summed E-state index contributed by atoms with van der Waals surface area (Å²) in [4.78, 5) is 2.89. The van der Waals surface area contributed by atoms with E-state index >= 15 is 0 Å². The number of benzene rings is 2. The topological polar surface area (TPSA) is 48.8 Å². The molecule has 0 saturated heterocycles. The Morgan fingerprint density at radius 1 is 0.882 bits per heavy atom. The first kappa shape index (κ1) is 11.5. The molecular weight excluding hydrogens is 226 g/mol. The Hall–Kier alpha value is -2.03. The average molecular weight is 239 g/mol. The first-order valence-electron chi connectivity index (χ1n) is 5.52. The largest absolute Gasteiger partial charge is 0.109 e. The molecule has 0 heterocycles. The predicted molar refractivity (Wildman–Crippen MR) is 73.3 cm³/mol. The minimum Gasteiger partial charge on any atom is -0.0965 e. The van der Waals surface area contributed by atoms with Crippen LogP contribution in [0.15, 0.2) is 65.8 Å². The monoisotopic (exact) mass is 239 g/mol. The molecule has 3 nitrogen and oxygen atoms in total. The van der Waals surface area contributed by atoms with Gasteiger partial charge in [0.15, 0.2) is 0 Å². The third-order valence-corrected chi connectivity index (χ3v) is 5.64. The zero-order valence-electron chi connectivity index (χ0n) is 9.40. The third kappa shape index (κ3) is 2.97. The average Bonchev–Trinajstić information content (AvgIpc) is 2.42. The molecule has 0 bridgehead atoms. The molecule has 0 N–H and O–H groups in total. The smallest absolute Gasteiger partial charge is 0.0965 e. The quantitative estimate of drug-likeness (QED) is 0.338. The number of rotatable bonds is 4. The van der Waals surface area contributed by atoms with Crippen LogP contribution in [0.2, 0.25) is 0 Å². The maximum absolute atomic E-state index is 8.49. The van der Waals surface area contributed by atoms with E-state index in [0.29, 0.717) is 6.17 Å². The van der Waals surface area contributed by atoms with Gasteiger partial charge in [0.25, 0.3) is 0 Å². The molecule has 2 aromatic rings. The fourth-order valence-corrected chi connectivity index (χ4v) is 4.31. The molecule has 0 saturated carbocycles. The van der Waals surface area contributed by atoms with E-state index in [1.54, 1.807) is 0 Å². The lowest BCUT2D eigenvalue weighted by molar-refractivity contribution is 1.30. The van der Waals surface area contributed by atoms with E-state index in [9.17, 15) is 0 Å². The summed E-state index contributed by atoms with van der Waals surface area (Å²) in [5.74, 6) is 0. The highest BCUT2D eigenvalue weighted by Crippen LogP contribution is 1.94. The molecule has 0 radical (unpaired) electrons. The highest BCUT2D eigenvalue weighted by Gasteiger charge is 2.14. The van der Waals surface area contributed by atoms with Gasteiger partial charge in [-0.3, -0.25) is 0 Å². The van der Waals surface area contributed by atoms with Gasteiger partial charge in [0.2, 0.25) is 0 Å². The van der Waals surface area contributed by atoms with Crippen LogP contribution in [0.25, 0.3) is 10.4 Å². The Balaban J connectivity index is 2.35. The van der Waals surface area contributed by atoms with Gasteiger partial charge >= 0.3 is 0 Å². The molecule has 0 unspecified atom stereocenters. The van der Waals surface area contributed by atoms with Gasteiger partial charge in [-0.05, 0) is 5.53 Å². The summed E-state index contributed by atoms with van der Waals surface area (Å²) in [6.07, 6.45) is 0.588. The van der Waals surface area contributed by atoms with Crippen molar-refractivity contribution in [1.29, 1.82) is 0 Å². The van der Waals surface area contributed by atoms with E-state index < -0.39 is 8.80 Å². The molecule has 0 aliphatic carbocycles. The van der Waals surface area contributed by atoms with E-state index in [0.717, 1.165) is 0 Å². The molecule has 0 spiro atoms. The van der Waals surface area contributed by atoms with Crippen LogP contribution in [0, 0.1) is 0 Å². The molecule has 0 aliphatic rings. The van der Waals surface area contributed by atoms with E-state index in [1.165, 1.54) is 10.4 Å². The summed E-state index contributed by atoms with van der Waals surface area (Å²) in [6, 6.07) is 20.6. The van der Waals surface area contributed by atoms with Gasteiger partial charge in [-0.1, -0.05) is 76.2 Å². The summed E-state index contributed by atoms with van der Waals surface area (Å²) in [5, 5.41) is 6.39. The van der Waals surface area contributed by atoms with Crippen molar-refractivity contribution >= 4 is 19.2 Å². The molecule has 2 aromatic carbocycles. The zero-order chi connectivity index (χ0) is 11.9. The van der Waals surface area contributed by atoms with Gasteiger partial charge in [0.1, 0.15) is 8.80 Å². The molecule has 0 atom stereocenters. The van der Waals surface area contributed by atoms with Crippen molar-refractivity contribution < 1.29 is 0 Å². The van der Waals surface area contributed by atoms with Crippen LogP contribution in [-0.2, 0) is 0 Å².